The molecule has 3 rings (SSSR count). The highest BCUT2D eigenvalue weighted by Crippen LogP contribution is 2.38. The van der Waals surface area contributed by atoms with Gasteiger partial charge in [0, 0.05) is 22.6 Å². The van der Waals surface area contributed by atoms with Crippen molar-refractivity contribution in [3.05, 3.63) is 35.4 Å². The average Bonchev–Trinajstić information content (AvgIpc) is 2.83. The second-order valence-corrected chi connectivity index (χ2v) is 8.76. The zero-order valence-electron chi connectivity index (χ0n) is 19.6. The van der Waals surface area contributed by atoms with Crippen molar-refractivity contribution < 1.29 is 19.1 Å². The maximum Gasteiger partial charge on any atom is 0.252 e. The van der Waals surface area contributed by atoms with Gasteiger partial charge < -0.3 is 14.8 Å². The number of benzene rings is 2. The molecule has 0 unspecified atom stereocenters. The first-order chi connectivity index (χ1) is 15.7. The molecule has 0 aromatic heterocycles. The number of ether oxygens (including phenoxy) is 2. The third kappa shape index (κ3) is 6.02. The van der Waals surface area contributed by atoms with E-state index in [-0.39, 0.29) is 11.9 Å². The third-order valence-electron chi connectivity index (χ3n) is 6.40. The van der Waals surface area contributed by atoms with Crippen LogP contribution in [0.2, 0.25) is 0 Å². The van der Waals surface area contributed by atoms with Gasteiger partial charge in [-0.05, 0) is 43.5 Å². The van der Waals surface area contributed by atoms with Gasteiger partial charge >= 0.3 is 0 Å². The van der Waals surface area contributed by atoms with Gasteiger partial charge in [0.2, 0.25) is 0 Å². The molecule has 2 aromatic rings. The van der Waals surface area contributed by atoms with Crippen molar-refractivity contribution in [2.75, 3.05) is 13.7 Å². The molecule has 1 aliphatic carbocycles. The molecular weight excluding hydrogens is 402 g/mol. The number of aldehydes is 1. The van der Waals surface area contributed by atoms with Crippen LogP contribution in [-0.2, 0) is 0 Å². The molecule has 0 bridgehead atoms. The summed E-state index contributed by atoms with van der Waals surface area (Å²) in [7, 11) is 1.60. The lowest BCUT2D eigenvalue weighted by atomic mass is 9.94. The quantitative estimate of drug-likeness (QED) is 0.304. The number of carbonyl (C=O) groups excluding carboxylic acids is 2. The minimum atomic E-state index is -0.138. The minimum absolute atomic E-state index is 0.138. The highest BCUT2D eigenvalue weighted by atomic mass is 16.5. The summed E-state index contributed by atoms with van der Waals surface area (Å²) in [5.74, 6) is 1.12. The molecule has 2 aromatic carbocycles. The Morgan fingerprint density at radius 3 is 2.41 bits per heavy atom. The predicted octanol–water partition coefficient (Wildman–Crippen LogP) is 6.46. The second kappa shape index (κ2) is 12.5. The Balaban J connectivity index is 1.85. The van der Waals surface area contributed by atoms with Crippen LogP contribution in [0, 0.1) is 0 Å². The Morgan fingerprint density at radius 2 is 1.69 bits per heavy atom. The SMILES string of the molecule is CCCCCCCCOc1ccc(C(=O)NC2CCCCC2)c2c(C=O)ccc(OC)c12. The van der Waals surface area contributed by atoms with Gasteiger partial charge in [0.25, 0.3) is 5.91 Å². The minimum Gasteiger partial charge on any atom is -0.496 e. The van der Waals surface area contributed by atoms with Crippen LogP contribution in [0.3, 0.4) is 0 Å². The summed E-state index contributed by atoms with van der Waals surface area (Å²) in [5.41, 5.74) is 0.970. The topological polar surface area (TPSA) is 64.6 Å². The highest BCUT2D eigenvalue weighted by molar-refractivity contribution is 6.15. The molecule has 1 saturated carbocycles. The van der Waals surface area contributed by atoms with E-state index in [1.54, 1.807) is 25.3 Å². The van der Waals surface area contributed by atoms with E-state index in [0.29, 0.717) is 40.0 Å². The van der Waals surface area contributed by atoms with Gasteiger partial charge in [-0.15, -0.1) is 0 Å². The molecule has 1 amide bonds. The van der Waals surface area contributed by atoms with E-state index in [4.69, 9.17) is 9.47 Å². The maximum absolute atomic E-state index is 13.2. The van der Waals surface area contributed by atoms with Crippen LogP contribution in [0.15, 0.2) is 24.3 Å². The Bertz CT molecular complexity index is 902. The second-order valence-electron chi connectivity index (χ2n) is 8.76. The lowest BCUT2D eigenvalue weighted by molar-refractivity contribution is 0.0929. The summed E-state index contributed by atoms with van der Waals surface area (Å²) in [6.45, 7) is 2.82. The van der Waals surface area contributed by atoms with E-state index in [0.717, 1.165) is 44.8 Å². The fourth-order valence-electron chi connectivity index (χ4n) is 4.61. The number of amides is 1. The molecule has 174 valence electrons. The molecule has 0 saturated heterocycles. The molecule has 0 aliphatic heterocycles. The van der Waals surface area contributed by atoms with Gasteiger partial charge in [-0.2, -0.15) is 0 Å². The molecule has 1 aliphatic rings. The number of rotatable bonds is 12. The van der Waals surface area contributed by atoms with Crippen LogP contribution < -0.4 is 14.8 Å². The number of methoxy groups -OCH3 is 1. The number of hydrogen-bond donors (Lipinski definition) is 1. The molecule has 1 fully saturated rings. The van der Waals surface area contributed by atoms with E-state index < -0.39 is 0 Å². The van der Waals surface area contributed by atoms with Gasteiger partial charge in [0.15, 0.2) is 6.29 Å². The van der Waals surface area contributed by atoms with Gasteiger partial charge in [-0.1, -0.05) is 58.3 Å². The zero-order chi connectivity index (χ0) is 22.8. The molecule has 1 N–H and O–H groups in total. The summed E-state index contributed by atoms with van der Waals surface area (Å²) >= 11 is 0. The standard InChI is InChI=1S/C27H37NO4/c1-3-4-5-6-7-11-18-32-24-17-15-22(27(30)28-21-12-9-8-10-13-21)25-20(19-29)14-16-23(31-2)26(24)25/h14-17,19,21H,3-13,18H2,1-2H3,(H,28,30). The van der Waals surface area contributed by atoms with Crippen LogP contribution in [0.25, 0.3) is 10.8 Å². The van der Waals surface area contributed by atoms with Gasteiger partial charge in [-0.25, -0.2) is 0 Å². The van der Waals surface area contributed by atoms with Gasteiger partial charge in [0.05, 0.1) is 19.1 Å². The molecule has 5 heteroatoms. The predicted molar refractivity (Wildman–Crippen MR) is 129 cm³/mol. The summed E-state index contributed by atoms with van der Waals surface area (Å²) in [6.07, 6.45) is 13.4. The summed E-state index contributed by atoms with van der Waals surface area (Å²) < 4.78 is 11.7. The van der Waals surface area contributed by atoms with Crippen molar-refractivity contribution in [1.29, 1.82) is 0 Å². The fourth-order valence-corrected chi connectivity index (χ4v) is 4.61. The number of hydrogen-bond acceptors (Lipinski definition) is 4. The van der Waals surface area contributed by atoms with Crippen molar-refractivity contribution in [2.24, 2.45) is 0 Å². The van der Waals surface area contributed by atoms with Crippen molar-refractivity contribution in [3.63, 3.8) is 0 Å². The van der Waals surface area contributed by atoms with Crippen LogP contribution in [0.4, 0.5) is 0 Å². The van der Waals surface area contributed by atoms with Crippen LogP contribution in [-0.4, -0.2) is 32.0 Å². The molecule has 0 heterocycles. The number of nitrogens with one attached hydrogen (secondary N) is 1. The number of carbonyl (C=O) groups is 2. The third-order valence-corrected chi connectivity index (χ3v) is 6.40. The zero-order valence-corrected chi connectivity index (χ0v) is 19.6. The Morgan fingerprint density at radius 1 is 0.969 bits per heavy atom. The Hall–Kier alpha value is -2.56. The average molecular weight is 440 g/mol. The lowest BCUT2D eigenvalue weighted by Gasteiger charge is -2.23. The van der Waals surface area contributed by atoms with Crippen molar-refractivity contribution in [3.8, 4) is 11.5 Å². The van der Waals surface area contributed by atoms with E-state index in [1.165, 1.54) is 32.1 Å². The number of fused-ring (bicyclic) bond motifs is 1. The van der Waals surface area contributed by atoms with Gasteiger partial charge in [0.1, 0.15) is 11.5 Å². The van der Waals surface area contributed by atoms with E-state index in [9.17, 15) is 9.59 Å². The van der Waals surface area contributed by atoms with E-state index >= 15 is 0 Å². The fraction of sp³-hybridized carbons (Fsp3) is 0.556. The maximum atomic E-state index is 13.2. The van der Waals surface area contributed by atoms with E-state index in [1.807, 2.05) is 6.07 Å². The van der Waals surface area contributed by atoms with Gasteiger partial charge in [-0.3, -0.25) is 9.59 Å². The molecule has 0 spiro atoms. The first-order valence-corrected chi connectivity index (χ1v) is 12.2. The molecule has 0 atom stereocenters. The lowest BCUT2D eigenvalue weighted by Crippen LogP contribution is -2.36. The van der Waals surface area contributed by atoms with Crippen molar-refractivity contribution >= 4 is 23.0 Å². The smallest absolute Gasteiger partial charge is 0.252 e. The van der Waals surface area contributed by atoms with Crippen molar-refractivity contribution in [1.82, 2.24) is 5.32 Å². The summed E-state index contributed by atoms with van der Waals surface area (Å²) in [5, 5.41) is 4.47. The number of unbranched alkanes of at least 4 members (excludes halogenated alkanes) is 5. The van der Waals surface area contributed by atoms with Crippen molar-refractivity contribution in [2.45, 2.75) is 83.6 Å². The first-order valence-electron chi connectivity index (χ1n) is 12.2. The molecule has 0 radical (unpaired) electrons. The summed E-state index contributed by atoms with van der Waals surface area (Å²) in [6, 6.07) is 7.30. The first kappa shape index (κ1) is 24.1. The van der Waals surface area contributed by atoms with Crippen LogP contribution >= 0.6 is 0 Å². The highest BCUT2D eigenvalue weighted by Gasteiger charge is 2.22. The van der Waals surface area contributed by atoms with E-state index in [2.05, 4.69) is 12.2 Å². The Labute approximate surface area is 191 Å². The van der Waals surface area contributed by atoms with Crippen LogP contribution in [0.5, 0.6) is 11.5 Å². The van der Waals surface area contributed by atoms with Crippen LogP contribution in [0.1, 0.15) is 98.3 Å². The summed E-state index contributed by atoms with van der Waals surface area (Å²) in [4.78, 5) is 25.1. The molecule has 5 nitrogen and oxygen atoms in total. The molecular formula is C27H37NO4. The molecule has 32 heavy (non-hydrogen) atoms. The normalized spacial score (nSPS) is 14.3. The largest absolute Gasteiger partial charge is 0.496 e. The Kier molecular flexibility index (Phi) is 9.39. The monoisotopic (exact) mass is 439 g/mol.